The van der Waals surface area contributed by atoms with Gasteiger partial charge in [0.1, 0.15) is 11.6 Å². The maximum absolute atomic E-state index is 13.1. The molecule has 2 aromatic rings. The van der Waals surface area contributed by atoms with Crippen LogP contribution in [0.2, 0.25) is 0 Å². The zero-order chi connectivity index (χ0) is 17.6. The first kappa shape index (κ1) is 16.1. The normalized spacial score (nSPS) is 25.5. The molecule has 1 aromatic carbocycles. The minimum Gasteiger partial charge on any atom is -0.423 e. The number of fused-ring (bicyclic) bond motifs is 1. The van der Waals surface area contributed by atoms with Crippen molar-refractivity contribution in [3.63, 3.8) is 0 Å². The Morgan fingerprint density at radius 3 is 2.65 bits per heavy atom. The van der Waals surface area contributed by atoms with Gasteiger partial charge in [0.25, 0.3) is 6.01 Å². The highest BCUT2D eigenvalue weighted by Gasteiger charge is 2.43. The molecule has 0 radical (unpaired) electrons. The molecule has 138 valence electrons. The van der Waals surface area contributed by atoms with Crippen LogP contribution in [0.15, 0.2) is 28.7 Å². The average Bonchev–Trinajstić information content (AvgIpc) is 3.40. The third-order valence-corrected chi connectivity index (χ3v) is 5.72. The number of aromatic nitrogens is 1. The number of amides is 1. The van der Waals surface area contributed by atoms with Crippen LogP contribution in [0, 0.1) is 0 Å². The zero-order valence-electron chi connectivity index (χ0n) is 14.7. The average molecular weight is 357 g/mol. The molecule has 1 atom stereocenters. The van der Waals surface area contributed by atoms with Gasteiger partial charge in [-0.1, -0.05) is 12.1 Å². The first-order chi connectivity index (χ1) is 12.7. The molecule has 1 amide bonds. The van der Waals surface area contributed by atoms with Crippen molar-refractivity contribution in [3.8, 4) is 0 Å². The van der Waals surface area contributed by atoms with Crippen molar-refractivity contribution >= 4 is 23.0 Å². The molecule has 7 heteroatoms. The van der Waals surface area contributed by atoms with Gasteiger partial charge in [0.05, 0.1) is 13.2 Å². The lowest BCUT2D eigenvalue weighted by molar-refractivity contribution is -0.187. The largest absolute Gasteiger partial charge is 0.423 e. The van der Waals surface area contributed by atoms with E-state index in [0.717, 1.165) is 43.3 Å². The van der Waals surface area contributed by atoms with Crippen molar-refractivity contribution in [1.82, 2.24) is 9.88 Å². The Morgan fingerprint density at radius 2 is 1.88 bits per heavy atom. The predicted octanol–water partition coefficient (Wildman–Crippen LogP) is 2.16. The van der Waals surface area contributed by atoms with Gasteiger partial charge < -0.3 is 23.7 Å². The van der Waals surface area contributed by atoms with Crippen LogP contribution >= 0.6 is 0 Å². The molecule has 5 rings (SSSR count). The summed E-state index contributed by atoms with van der Waals surface area (Å²) in [5.74, 6) is -0.288. The Bertz CT molecular complexity index is 771. The van der Waals surface area contributed by atoms with Gasteiger partial charge in [-0.05, 0) is 25.0 Å². The van der Waals surface area contributed by atoms with E-state index in [0.29, 0.717) is 32.3 Å². The van der Waals surface area contributed by atoms with Crippen molar-refractivity contribution in [2.24, 2.45) is 0 Å². The van der Waals surface area contributed by atoms with E-state index in [2.05, 4.69) is 4.98 Å². The molecule has 0 bridgehead atoms. The number of likely N-dealkylation sites (tertiary alicyclic amines) is 1. The lowest BCUT2D eigenvalue weighted by atomic mass is 10.0. The fourth-order valence-electron chi connectivity index (χ4n) is 4.30. The van der Waals surface area contributed by atoms with E-state index in [1.54, 1.807) is 0 Å². The Balaban J connectivity index is 1.31. The molecule has 7 nitrogen and oxygen atoms in total. The number of oxazole rings is 1. The minimum absolute atomic E-state index is 0.164. The summed E-state index contributed by atoms with van der Waals surface area (Å²) in [6.45, 7) is 3.46. The number of carbonyl (C=O) groups is 1. The number of hydrogen-bond donors (Lipinski definition) is 0. The summed E-state index contributed by atoms with van der Waals surface area (Å²) in [5, 5.41) is 0. The number of anilines is 1. The number of carbonyl (C=O) groups excluding carboxylic acids is 1. The van der Waals surface area contributed by atoms with Crippen LogP contribution in [-0.4, -0.2) is 60.5 Å². The van der Waals surface area contributed by atoms with Crippen LogP contribution < -0.4 is 4.90 Å². The van der Waals surface area contributed by atoms with Gasteiger partial charge in [0.2, 0.25) is 5.91 Å². The van der Waals surface area contributed by atoms with E-state index in [-0.39, 0.29) is 11.9 Å². The third kappa shape index (κ3) is 2.66. The standard InChI is InChI=1S/C19H23N3O4/c23-17(21-10-7-19(8-11-21)24-12-13-25-19)15-5-3-9-22(15)18-20-14-4-1-2-6-16(14)26-18/h1-2,4,6,15H,3,5,7-13H2/t15-/m0/s1. The van der Waals surface area contributed by atoms with Crippen LogP contribution in [0.3, 0.4) is 0 Å². The van der Waals surface area contributed by atoms with Gasteiger partial charge in [-0.15, -0.1) is 0 Å². The number of hydrogen-bond acceptors (Lipinski definition) is 6. The van der Waals surface area contributed by atoms with Crippen molar-refractivity contribution in [3.05, 3.63) is 24.3 Å². The minimum atomic E-state index is -0.452. The van der Waals surface area contributed by atoms with Gasteiger partial charge in [0.15, 0.2) is 11.4 Å². The molecule has 3 aliphatic heterocycles. The highest BCUT2D eigenvalue weighted by molar-refractivity contribution is 5.86. The molecule has 0 N–H and O–H groups in total. The fraction of sp³-hybridized carbons (Fsp3) is 0.579. The Hall–Kier alpha value is -2.12. The number of rotatable bonds is 2. The van der Waals surface area contributed by atoms with E-state index in [1.807, 2.05) is 34.1 Å². The molecule has 3 saturated heterocycles. The smallest absolute Gasteiger partial charge is 0.299 e. The van der Waals surface area contributed by atoms with Crippen molar-refractivity contribution in [2.75, 3.05) is 37.7 Å². The predicted molar refractivity (Wildman–Crippen MR) is 94.8 cm³/mol. The first-order valence-electron chi connectivity index (χ1n) is 9.43. The van der Waals surface area contributed by atoms with E-state index in [1.165, 1.54) is 0 Å². The number of benzene rings is 1. The van der Waals surface area contributed by atoms with E-state index in [4.69, 9.17) is 13.9 Å². The van der Waals surface area contributed by atoms with Crippen LogP contribution in [0.25, 0.3) is 11.1 Å². The van der Waals surface area contributed by atoms with Crippen molar-refractivity contribution in [2.45, 2.75) is 37.5 Å². The van der Waals surface area contributed by atoms with Crippen LogP contribution in [0.1, 0.15) is 25.7 Å². The molecule has 1 aromatic heterocycles. The molecule has 3 aliphatic rings. The number of para-hydroxylation sites is 2. The molecule has 0 unspecified atom stereocenters. The second-order valence-electron chi connectivity index (χ2n) is 7.25. The number of nitrogens with zero attached hydrogens (tertiary/aromatic N) is 3. The van der Waals surface area contributed by atoms with Gasteiger partial charge in [-0.3, -0.25) is 4.79 Å². The summed E-state index contributed by atoms with van der Waals surface area (Å²) >= 11 is 0. The summed E-state index contributed by atoms with van der Waals surface area (Å²) in [7, 11) is 0. The maximum atomic E-state index is 13.1. The zero-order valence-corrected chi connectivity index (χ0v) is 14.7. The van der Waals surface area contributed by atoms with Crippen LogP contribution in [-0.2, 0) is 14.3 Å². The number of piperidine rings is 1. The summed E-state index contributed by atoms with van der Waals surface area (Å²) in [6, 6.07) is 8.07. The highest BCUT2D eigenvalue weighted by atomic mass is 16.7. The summed E-state index contributed by atoms with van der Waals surface area (Å²) in [5.41, 5.74) is 1.59. The molecule has 0 aliphatic carbocycles. The molecule has 4 heterocycles. The molecule has 1 spiro atoms. The second kappa shape index (κ2) is 6.25. The second-order valence-corrected chi connectivity index (χ2v) is 7.25. The van der Waals surface area contributed by atoms with Gasteiger partial charge in [-0.25, -0.2) is 0 Å². The lowest BCUT2D eigenvalue weighted by Crippen LogP contribution is -2.52. The SMILES string of the molecule is O=C([C@@H]1CCCN1c1nc2ccccc2o1)N1CCC2(CC1)OCCO2. The maximum Gasteiger partial charge on any atom is 0.299 e. The highest BCUT2D eigenvalue weighted by Crippen LogP contribution is 2.33. The quantitative estimate of drug-likeness (QED) is 0.820. The molecular formula is C19H23N3O4. The summed E-state index contributed by atoms with van der Waals surface area (Å²) in [4.78, 5) is 21.7. The van der Waals surface area contributed by atoms with Gasteiger partial charge in [-0.2, -0.15) is 4.98 Å². The van der Waals surface area contributed by atoms with Gasteiger partial charge in [0, 0.05) is 32.5 Å². The third-order valence-electron chi connectivity index (χ3n) is 5.72. The molecular weight excluding hydrogens is 334 g/mol. The van der Waals surface area contributed by atoms with Crippen molar-refractivity contribution in [1.29, 1.82) is 0 Å². The van der Waals surface area contributed by atoms with E-state index >= 15 is 0 Å². The summed E-state index contributed by atoms with van der Waals surface area (Å²) < 4.78 is 17.4. The summed E-state index contributed by atoms with van der Waals surface area (Å²) in [6.07, 6.45) is 3.30. The van der Waals surface area contributed by atoms with E-state index in [9.17, 15) is 4.79 Å². The van der Waals surface area contributed by atoms with Crippen LogP contribution in [0.5, 0.6) is 0 Å². The number of ether oxygens (including phenoxy) is 2. The van der Waals surface area contributed by atoms with Crippen LogP contribution in [0.4, 0.5) is 6.01 Å². The molecule has 3 fully saturated rings. The molecule has 26 heavy (non-hydrogen) atoms. The van der Waals surface area contributed by atoms with Crippen molar-refractivity contribution < 1.29 is 18.7 Å². The monoisotopic (exact) mass is 357 g/mol. The Labute approximate surface area is 151 Å². The topological polar surface area (TPSA) is 68.0 Å². The Kier molecular flexibility index (Phi) is 3.86. The van der Waals surface area contributed by atoms with E-state index < -0.39 is 5.79 Å². The lowest BCUT2D eigenvalue weighted by Gasteiger charge is -2.39. The Morgan fingerprint density at radius 1 is 1.12 bits per heavy atom. The van der Waals surface area contributed by atoms with Gasteiger partial charge >= 0.3 is 0 Å². The molecule has 0 saturated carbocycles. The fourth-order valence-corrected chi connectivity index (χ4v) is 4.30. The first-order valence-corrected chi connectivity index (χ1v) is 9.43.